The van der Waals surface area contributed by atoms with Crippen molar-refractivity contribution in [3.63, 3.8) is 0 Å². The average Bonchev–Trinajstić information content (AvgIpc) is 3.01. The highest BCUT2D eigenvalue weighted by molar-refractivity contribution is 6.37. The van der Waals surface area contributed by atoms with Crippen molar-refractivity contribution in [3.05, 3.63) is 72.5 Å². The molecule has 0 unspecified atom stereocenters. The van der Waals surface area contributed by atoms with Crippen molar-refractivity contribution in [2.45, 2.75) is 24.2 Å². The lowest BCUT2D eigenvalue weighted by atomic mass is 9.62. The van der Waals surface area contributed by atoms with Crippen molar-refractivity contribution in [2.24, 2.45) is 0 Å². The smallest absolute Gasteiger partial charge is 0.349 e. The number of aromatic amines is 1. The molecule has 1 aromatic heterocycles. The maximum absolute atomic E-state index is 13.6. The number of halogens is 4. The molecule has 1 aliphatic heterocycles. The van der Waals surface area contributed by atoms with Gasteiger partial charge < -0.3 is 10.1 Å². The first-order valence-corrected chi connectivity index (χ1v) is 10.4. The van der Waals surface area contributed by atoms with E-state index in [1.807, 2.05) is 4.98 Å². The summed E-state index contributed by atoms with van der Waals surface area (Å²) in [6.07, 6.45) is -1.19. The van der Waals surface area contributed by atoms with E-state index in [-0.39, 0.29) is 27.2 Å². The number of benzene rings is 2. The average molecular weight is 506 g/mol. The molecule has 1 fully saturated rings. The van der Waals surface area contributed by atoms with E-state index in [1.165, 1.54) is 30.3 Å². The number of nitrogens with one attached hydrogen (secondary N) is 2. The number of nitrogens with zero attached hydrogens (tertiary/aromatic N) is 3. The Morgan fingerprint density at radius 1 is 1.12 bits per heavy atom. The lowest BCUT2D eigenvalue weighted by Crippen LogP contribution is -2.53. The first kappa shape index (κ1) is 22.1. The van der Waals surface area contributed by atoms with E-state index in [9.17, 15) is 23.2 Å². The molecule has 2 N–H and O–H groups in total. The lowest BCUT2D eigenvalue weighted by Gasteiger charge is -2.43. The van der Waals surface area contributed by atoms with Crippen LogP contribution in [0.25, 0.3) is 5.69 Å². The second-order valence-corrected chi connectivity index (χ2v) is 8.74. The molecule has 2 heterocycles. The van der Waals surface area contributed by atoms with Gasteiger partial charge in [0, 0.05) is 18.5 Å². The predicted molar refractivity (Wildman–Crippen MR) is 116 cm³/mol. The molecule has 3 aromatic rings. The molecule has 172 valence electrons. The molecular weight excluding hydrogens is 495 g/mol. The number of anilines is 1. The molecule has 0 saturated heterocycles. The van der Waals surface area contributed by atoms with Crippen molar-refractivity contribution in [2.75, 3.05) is 5.32 Å². The summed E-state index contributed by atoms with van der Waals surface area (Å²) in [6.45, 7) is 0. The van der Waals surface area contributed by atoms with Gasteiger partial charge in [-0.15, -0.1) is 5.10 Å². The van der Waals surface area contributed by atoms with Gasteiger partial charge in [-0.1, -0.05) is 23.2 Å². The summed E-state index contributed by atoms with van der Waals surface area (Å²) >= 11 is 12.6. The molecule has 13 heteroatoms. The minimum absolute atomic E-state index is 0.00437. The van der Waals surface area contributed by atoms with Gasteiger partial charge in [-0.2, -0.15) is 9.94 Å². The number of aromatic nitrogens is 3. The van der Waals surface area contributed by atoms with Crippen LogP contribution in [0, 0.1) is 11.3 Å². The predicted octanol–water partition coefficient (Wildman–Crippen LogP) is 3.51. The third-order valence-electron chi connectivity index (χ3n) is 5.69. The minimum atomic E-state index is -2.92. The van der Waals surface area contributed by atoms with E-state index < -0.39 is 47.0 Å². The summed E-state index contributed by atoms with van der Waals surface area (Å²) in [7, 11) is 0. The Kier molecular flexibility index (Phi) is 4.79. The van der Waals surface area contributed by atoms with Crippen LogP contribution in [0.2, 0.25) is 10.0 Å². The van der Waals surface area contributed by atoms with Crippen LogP contribution in [-0.4, -0.2) is 26.6 Å². The molecule has 1 saturated carbocycles. The van der Waals surface area contributed by atoms with Crippen LogP contribution in [-0.2, 0) is 10.2 Å². The van der Waals surface area contributed by atoms with Crippen molar-refractivity contribution < 1.29 is 18.3 Å². The zero-order valence-electron chi connectivity index (χ0n) is 16.8. The molecule has 9 nitrogen and oxygen atoms in total. The maximum Gasteiger partial charge on any atom is 0.349 e. The fraction of sp³-hybridized carbons (Fsp3) is 0.190. The van der Waals surface area contributed by atoms with E-state index in [4.69, 9.17) is 33.2 Å². The van der Waals surface area contributed by atoms with Crippen LogP contribution in [0.5, 0.6) is 11.5 Å². The van der Waals surface area contributed by atoms with E-state index in [0.29, 0.717) is 11.3 Å². The summed E-state index contributed by atoms with van der Waals surface area (Å²) in [5.41, 5.74) is -2.82. The SMILES string of the molecule is N#Cc1nn(-c2cc(Cl)c(Oc3ccc4c(c3)C3(CC(F)(F)C3)C(=O)N4)c(Cl)c2)c(=O)[nH]c1=O. The first-order valence-electron chi connectivity index (χ1n) is 9.68. The van der Waals surface area contributed by atoms with Crippen molar-refractivity contribution in [1.29, 1.82) is 5.26 Å². The van der Waals surface area contributed by atoms with Crippen molar-refractivity contribution in [1.82, 2.24) is 14.8 Å². The van der Waals surface area contributed by atoms with E-state index in [0.717, 1.165) is 4.68 Å². The molecule has 0 bridgehead atoms. The lowest BCUT2D eigenvalue weighted by molar-refractivity contribution is -0.152. The summed E-state index contributed by atoms with van der Waals surface area (Å²) in [4.78, 5) is 38.0. The molecule has 34 heavy (non-hydrogen) atoms. The number of rotatable bonds is 3. The van der Waals surface area contributed by atoms with Crippen molar-refractivity contribution in [3.8, 4) is 23.3 Å². The molecule has 0 atom stereocenters. The van der Waals surface area contributed by atoms with Gasteiger partial charge in [-0.05, 0) is 35.9 Å². The quantitative estimate of drug-likeness (QED) is 0.560. The third kappa shape index (κ3) is 3.34. The second-order valence-electron chi connectivity index (χ2n) is 7.93. The zero-order valence-corrected chi connectivity index (χ0v) is 18.3. The number of hydrogen-bond donors (Lipinski definition) is 2. The molecule has 1 spiro atoms. The Morgan fingerprint density at radius 2 is 1.79 bits per heavy atom. The van der Waals surface area contributed by atoms with Crippen LogP contribution in [0.3, 0.4) is 0 Å². The molecule has 2 aliphatic rings. The Morgan fingerprint density at radius 3 is 2.41 bits per heavy atom. The summed E-state index contributed by atoms with van der Waals surface area (Å²) in [5.74, 6) is -3.21. The van der Waals surface area contributed by atoms with Gasteiger partial charge in [0.1, 0.15) is 11.8 Å². The maximum atomic E-state index is 13.6. The first-order chi connectivity index (χ1) is 16.0. The number of ether oxygens (including phenoxy) is 1. The van der Waals surface area contributed by atoms with Gasteiger partial charge >= 0.3 is 5.69 Å². The number of alkyl halides is 2. The fourth-order valence-electron chi connectivity index (χ4n) is 4.17. The van der Waals surface area contributed by atoms with Gasteiger partial charge in [-0.25, -0.2) is 13.6 Å². The highest BCUT2D eigenvalue weighted by atomic mass is 35.5. The number of carbonyl (C=O) groups is 1. The fourth-order valence-corrected chi connectivity index (χ4v) is 4.72. The van der Waals surface area contributed by atoms with Gasteiger partial charge in [0.15, 0.2) is 5.75 Å². The number of nitriles is 1. The van der Waals surface area contributed by atoms with Gasteiger partial charge in [0.05, 0.1) is 21.1 Å². The van der Waals surface area contributed by atoms with E-state index in [2.05, 4.69) is 10.4 Å². The minimum Gasteiger partial charge on any atom is -0.454 e. The van der Waals surface area contributed by atoms with Crippen LogP contribution < -0.4 is 21.3 Å². The van der Waals surface area contributed by atoms with Gasteiger partial charge in [0.25, 0.3) is 11.5 Å². The summed E-state index contributed by atoms with van der Waals surface area (Å²) in [5, 5.41) is 15.2. The van der Waals surface area contributed by atoms with Crippen LogP contribution >= 0.6 is 23.2 Å². The monoisotopic (exact) mass is 505 g/mol. The summed E-state index contributed by atoms with van der Waals surface area (Å²) < 4.78 is 33.8. The topological polar surface area (TPSA) is 130 Å². The molecule has 2 aromatic carbocycles. The normalized spacial score (nSPS) is 17.0. The number of amides is 1. The molecule has 5 rings (SSSR count). The number of fused-ring (bicyclic) bond motifs is 2. The number of H-pyrrole nitrogens is 1. The molecular formula is C21H11Cl2F2N5O4. The zero-order chi connectivity index (χ0) is 24.4. The Labute approximate surface area is 198 Å². The van der Waals surface area contributed by atoms with Crippen LogP contribution in [0.1, 0.15) is 24.1 Å². The van der Waals surface area contributed by atoms with Crippen LogP contribution in [0.15, 0.2) is 39.9 Å². The third-order valence-corrected chi connectivity index (χ3v) is 6.25. The second kappa shape index (κ2) is 7.38. The Hall–Kier alpha value is -3.75. The van der Waals surface area contributed by atoms with Crippen LogP contribution in [0.4, 0.5) is 14.5 Å². The van der Waals surface area contributed by atoms with Gasteiger partial charge in [-0.3, -0.25) is 14.6 Å². The van der Waals surface area contributed by atoms with E-state index >= 15 is 0 Å². The molecule has 1 amide bonds. The highest BCUT2D eigenvalue weighted by Gasteiger charge is 2.64. The summed E-state index contributed by atoms with van der Waals surface area (Å²) in [6, 6.07) is 8.67. The highest BCUT2D eigenvalue weighted by Crippen LogP contribution is 2.58. The number of carbonyl (C=O) groups excluding carboxylic acids is 1. The van der Waals surface area contributed by atoms with E-state index in [1.54, 1.807) is 6.07 Å². The van der Waals surface area contributed by atoms with Gasteiger partial charge in [0.2, 0.25) is 11.6 Å². The Balaban J connectivity index is 1.50. The molecule has 0 radical (unpaired) electrons. The number of hydrogen-bond acceptors (Lipinski definition) is 6. The standard InChI is InChI=1S/C21H11Cl2F2N5O4/c22-12-3-9(30-19(33)28-17(31)15(6-26)29-30)4-13(23)16(12)34-10-1-2-14-11(5-10)20(18(32)27-14)7-21(24,25)8-20/h1-5H,7-8H2,(H,27,32)(H,28,31,33). The largest absolute Gasteiger partial charge is 0.454 e. The molecule has 1 aliphatic carbocycles. The Bertz CT molecular complexity index is 1530. The van der Waals surface area contributed by atoms with Crippen molar-refractivity contribution >= 4 is 34.8 Å².